The summed E-state index contributed by atoms with van der Waals surface area (Å²) in [7, 11) is 0. The van der Waals surface area contributed by atoms with Crippen molar-refractivity contribution in [1.82, 2.24) is 9.88 Å². The third-order valence-corrected chi connectivity index (χ3v) is 3.69. The molecule has 2 rings (SSSR count). The third-order valence-electron chi connectivity index (χ3n) is 2.77. The van der Waals surface area contributed by atoms with Crippen LogP contribution in [0.2, 0.25) is 0 Å². The normalized spacial score (nSPS) is 10.8. The largest absolute Gasteiger partial charge is 0.354 e. The predicted molar refractivity (Wildman–Crippen MR) is 81.1 cm³/mol. The molecule has 0 atom stereocenters. The Hall–Kier alpha value is -0.940. The molecule has 18 heavy (non-hydrogen) atoms. The monoisotopic (exact) mass is 326 g/mol. The second kappa shape index (κ2) is 6.29. The average Bonchev–Trinajstić information content (AvgIpc) is 2.75. The van der Waals surface area contributed by atoms with Gasteiger partial charge in [-0.1, -0.05) is 22.0 Å². The van der Waals surface area contributed by atoms with E-state index < -0.39 is 0 Å². The van der Waals surface area contributed by atoms with Crippen LogP contribution in [0.1, 0.15) is 6.42 Å². The van der Waals surface area contributed by atoms with Gasteiger partial charge in [0.25, 0.3) is 0 Å². The van der Waals surface area contributed by atoms with E-state index in [0.29, 0.717) is 18.7 Å². The van der Waals surface area contributed by atoms with Crippen LogP contribution in [0.4, 0.5) is 0 Å². The number of fused-ring (bicyclic) bond motifs is 1. The summed E-state index contributed by atoms with van der Waals surface area (Å²) in [5, 5.41) is 4.07. The third kappa shape index (κ3) is 3.09. The highest BCUT2D eigenvalue weighted by molar-refractivity contribution is 9.10. The molecule has 0 unspecified atom stereocenters. The molecule has 0 aliphatic carbocycles. The maximum atomic E-state index is 11.3. The molecule has 0 bridgehead atoms. The van der Waals surface area contributed by atoms with E-state index in [-0.39, 0.29) is 5.91 Å². The van der Waals surface area contributed by atoms with E-state index in [0.717, 1.165) is 11.0 Å². The number of nitrogens with one attached hydrogen (secondary N) is 1. The molecule has 0 radical (unpaired) electrons. The van der Waals surface area contributed by atoms with Gasteiger partial charge in [0.05, 0.1) is 0 Å². The van der Waals surface area contributed by atoms with Crippen molar-refractivity contribution in [2.24, 2.45) is 0 Å². The fourth-order valence-corrected chi connectivity index (χ4v) is 2.58. The van der Waals surface area contributed by atoms with Crippen LogP contribution >= 0.6 is 28.6 Å². The van der Waals surface area contributed by atoms with Gasteiger partial charge in [0.1, 0.15) is 0 Å². The number of aromatic nitrogens is 1. The number of carbonyl (C=O) groups is 1. The van der Waals surface area contributed by atoms with Crippen LogP contribution in [-0.4, -0.2) is 22.8 Å². The number of rotatable bonds is 5. The summed E-state index contributed by atoms with van der Waals surface area (Å²) in [6.07, 6.45) is 2.52. The Bertz CT molecular complexity index is 553. The van der Waals surface area contributed by atoms with Crippen molar-refractivity contribution in [1.29, 1.82) is 0 Å². The summed E-state index contributed by atoms with van der Waals surface area (Å²) < 4.78 is 3.24. The van der Waals surface area contributed by atoms with Gasteiger partial charge in [-0.05, 0) is 24.0 Å². The number of hydrogen-bond acceptors (Lipinski definition) is 2. The maximum absolute atomic E-state index is 11.3. The van der Waals surface area contributed by atoms with Crippen LogP contribution in [0.5, 0.6) is 0 Å². The first-order valence-corrected chi connectivity index (χ1v) is 7.26. The second-order valence-electron chi connectivity index (χ2n) is 4.01. The first kappa shape index (κ1) is 13.5. The highest BCUT2D eigenvalue weighted by Gasteiger charge is 2.04. The van der Waals surface area contributed by atoms with Crippen LogP contribution in [0, 0.1) is 0 Å². The highest BCUT2D eigenvalue weighted by atomic mass is 79.9. The van der Waals surface area contributed by atoms with E-state index in [9.17, 15) is 4.79 Å². The van der Waals surface area contributed by atoms with Crippen LogP contribution in [0.3, 0.4) is 0 Å². The lowest BCUT2D eigenvalue weighted by Gasteiger charge is -2.07. The smallest absolute Gasteiger partial charge is 0.220 e. The van der Waals surface area contributed by atoms with Gasteiger partial charge >= 0.3 is 0 Å². The van der Waals surface area contributed by atoms with Crippen molar-refractivity contribution in [3.8, 4) is 0 Å². The lowest BCUT2D eigenvalue weighted by molar-refractivity contribution is -0.120. The first-order chi connectivity index (χ1) is 8.72. The van der Waals surface area contributed by atoms with E-state index in [1.807, 2.05) is 18.3 Å². The van der Waals surface area contributed by atoms with E-state index in [2.05, 4.69) is 50.6 Å². The second-order valence-corrected chi connectivity index (χ2v) is 5.31. The number of thiol groups is 1. The van der Waals surface area contributed by atoms with E-state index in [1.54, 1.807) is 0 Å². The molecule has 1 amide bonds. The van der Waals surface area contributed by atoms with Gasteiger partial charge in [-0.25, -0.2) is 0 Å². The van der Waals surface area contributed by atoms with Crippen molar-refractivity contribution in [2.45, 2.75) is 13.0 Å². The van der Waals surface area contributed by atoms with Crippen LogP contribution < -0.4 is 5.32 Å². The minimum Gasteiger partial charge on any atom is -0.354 e. The zero-order valence-electron chi connectivity index (χ0n) is 9.90. The molecule has 0 aliphatic heterocycles. The van der Waals surface area contributed by atoms with Gasteiger partial charge in [-0.2, -0.15) is 12.6 Å². The summed E-state index contributed by atoms with van der Waals surface area (Å²) in [6.45, 7) is 1.42. The molecule has 1 aromatic heterocycles. The summed E-state index contributed by atoms with van der Waals surface area (Å²) in [6, 6.07) is 8.20. The fourth-order valence-electron chi connectivity index (χ4n) is 1.89. The van der Waals surface area contributed by atoms with Gasteiger partial charge < -0.3 is 9.88 Å². The number of hydrogen-bond donors (Lipinski definition) is 2. The van der Waals surface area contributed by atoms with Gasteiger partial charge in [0, 0.05) is 41.1 Å². The Morgan fingerprint density at radius 1 is 1.39 bits per heavy atom. The molecular weight excluding hydrogens is 312 g/mol. The molecule has 0 saturated heterocycles. The Morgan fingerprint density at radius 3 is 3.00 bits per heavy atom. The Balaban J connectivity index is 2.00. The van der Waals surface area contributed by atoms with Crippen molar-refractivity contribution in [3.63, 3.8) is 0 Å². The molecule has 96 valence electrons. The standard InChI is InChI=1S/C13H15BrN2OS/c14-11-2-1-3-12-10(11)4-7-16(12)8-6-15-13(17)5-9-18/h1-4,7,18H,5-6,8-9H2,(H,15,17). The number of amides is 1. The first-order valence-electron chi connectivity index (χ1n) is 5.83. The topological polar surface area (TPSA) is 34.0 Å². The molecule has 1 N–H and O–H groups in total. The van der Waals surface area contributed by atoms with Gasteiger partial charge in [-0.3, -0.25) is 4.79 Å². The number of halogens is 1. The Kier molecular flexibility index (Phi) is 4.72. The SMILES string of the molecule is O=C(CCS)NCCn1ccc2c(Br)cccc21. The summed E-state index contributed by atoms with van der Waals surface area (Å²) >= 11 is 7.56. The molecule has 3 nitrogen and oxygen atoms in total. The van der Waals surface area contributed by atoms with Gasteiger partial charge in [0.15, 0.2) is 0 Å². The predicted octanol–water partition coefficient (Wildman–Crippen LogP) is 2.84. The number of nitrogens with zero attached hydrogens (tertiary/aromatic N) is 1. The number of benzene rings is 1. The zero-order chi connectivity index (χ0) is 13.0. The van der Waals surface area contributed by atoms with Gasteiger partial charge in [-0.15, -0.1) is 0 Å². The summed E-state index contributed by atoms with van der Waals surface area (Å²) in [5.74, 6) is 0.647. The molecule has 0 spiro atoms. The maximum Gasteiger partial charge on any atom is 0.220 e. The fraction of sp³-hybridized carbons (Fsp3) is 0.308. The van der Waals surface area contributed by atoms with Crippen LogP contribution in [-0.2, 0) is 11.3 Å². The Morgan fingerprint density at radius 2 is 2.22 bits per heavy atom. The number of carbonyl (C=O) groups excluding carboxylic acids is 1. The summed E-state index contributed by atoms with van der Waals surface area (Å²) in [5.41, 5.74) is 1.17. The quantitative estimate of drug-likeness (QED) is 0.814. The van der Waals surface area contributed by atoms with Crippen molar-refractivity contribution < 1.29 is 4.79 Å². The molecule has 1 heterocycles. The molecule has 5 heteroatoms. The van der Waals surface area contributed by atoms with Crippen molar-refractivity contribution in [3.05, 3.63) is 34.9 Å². The molecule has 0 fully saturated rings. The van der Waals surface area contributed by atoms with Crippen molar-refractivity contribution in [2.75, 3.05) is 12.3 Å². The molecular formula is C13H15BrN2OS. The highest BCUT2D eigenvalue weighted by Crippen LogP contribution is 2.24. The molecule has 2 aromatic rings. The van der Waals surface area contributed by atoms with Crippen LogP contribution in [0.15, 0.2) is 34.9 Å². The lowest BCUT2D eigenvalue weighted by atomic mass is 10.2. The molecule has 0 saturated carbocycles. The minimum absolute atomic E-state index is 0.0580. The van der Waals surface area contributed by atoms with Crippen LogP contribution in [0.25, 0.3) is 10.9 Å². The lowest BCUT2D eigenvalue weighted by Crippen LogP contribution is -2.27. The van der Waals surface area contributed by atoms with E-state index in [1.165, 1.54) is 10.9 Å². The molecule has 1 aromatic carbocycles. The van der Waals surface area contributed by atoms with Crippen molar-refractivity contribution >= 4 is 45.4 Å². The van der Waals surface area contributed by atoms with Gasteiger partial charge in [0.2, 0.25) is 5.91 Å². The van der Waals surface area contributed by atoms with E-state index >= 15 is 0 Å². The Labute approximate surface area is 120 Å². The summed E-state index contributed by atoms with van der Waals surface area (Å²) in [4.78, 5) is 11.3. The average molecular weight is 327 g/mol. The molecule has 0 aliphatic rings. The minimum atomic E-state index is 0.0580. The van der Waals surface area contributed by atoms with E-state index in [4.69, 9.17) is 0 Å². The zero-order valence-corrected chi connectivity index (χ0v) is 12.4.